The zero-order valence-corrected chi connectivity index (χ0v) is 9.13. The third-order valence-electron chi connectivity index (χ3n) is 3.94. The Kier molecular flexibility index (Phi) is 2.91. The van der Waals surface area contributed by atoms with Gasteiger partial charge in [-0.25, -0.2) is 0 Å². The zero-order chi connectivity index (χ0) is 10.8. The lowest BCUT2D eigenvalue weighted by molar-refractivity contribution is -0.117. The molecule has 0 aromatic rings. The molecule has 0 aromatic heterocycles. The van der Waals surface area contributed by atoms with Crippen LogP contribution in [0, 0.1) is 0 Å². The van der Waals surface area contributed by atoms with Gasteiger partial charge in [-0.1, -0.05) is 25.7 Å². The van der Waals surface area contributed by atoms with E-state index < -0.39 is 11.1 Å². The highest BCUT2D eigenvalue weighted by Crippen LogP contribution is 2.35. The van der Waals surface area contributed by atoms with Crippen molar-refractivity contribution in [1.29, 1.82) is 0 Å². The summed E-state index contributed by atoms with van der Waals surface area (Å²) in [5.74, 6) is 0. The first kappa shape index (κ1) is 10.8. The second kappa shape index (κ2) is 4.05. The molecule has 84 valence electrons. The van der Waals surface area contributed by atoms with E-state index in [1.165, 1.54) is 0 Å². The van der Waals surface area contributed by atoms with Crippen LogP contribution in [-0.4, -0.2) is 23.7 Å². The third-order valence-corrected chi connectivity index (χ3v) is 3.94. The molecule has 0 heterocycles. The minimum absolute atomic E-state index is 0.398. The molecule has 0 saturated heterocycles. The molecule has 3 nitrogen and oxygen atoms in total. The molecule has 0 aromatic carbocycles. The van der Waals surface area contributed by atoms with Crippen LogP contribution in [0.1, 0.15) is 51.4 Å². The topological polar surface area (TPSA) is 46.2 Å². The molecular formula is C12H19NO2. The fraction of sp³-hybridized carbons (Fsp3) is 0.833. The van der Waals surface area contributed by atoms with Crippen molar-refractivity contribution in [3.63, 3.8) is 0 Å². The molecule has 2 aliphatic rings. The lowest BCUT2D eigenvalue weighted by Crippen LogP contribution is -2.57. The quantitative estimate of drug-likeness (QED) is 0.715. The molecule has 0 radical (unpaired) electrons. The second-order valence-electron chi connectivity index (χ2n) is 5.09. The van der Waals surface area contributed by atoms with E-state index >= 15 is 0 Å². The van der Waals surface area contributed by atoms with Crippen LogP contribution in [-0.2, 0) is 9.59 Å². The summed E-state index contributed by atoms with van der Waals surface area (Å²) in [7, 11) is 0. The maximum absolute atomic E-state index is 11.2. The van der Waals surface area contributed by atoms with E-state index in [2.05, 4.69) is 5.32 Å². The maximum atomic E-state index is 11.2. The van der Waals surface area contributed by atoms with Gasteiger partial charge in [0.25, 0.3) is 0 Å². The first-order valence-electron chi connectivity index (χ1n) is 5.96. The van der Waals surface area contributed by atoms with Crippen molar-refractivity contribution in [3.8, 4) is 0 Å². The standard InChI is InChI=1S/C12H19NO2/c14-9-11(5-1-2-6-11)13-12(10-15)7-3-4-8-12/h9-10,13H,1-8H2. The predicted octanol–water partition coefficient (Wildman–Crippen LogP) is 1.60. The van der Waals surface area contributed by atoms with E-state index in [1.54, 1.807) is 0 Å². The minimum atomic E-state index is -0.398. The molecule has 0 bridgehead atoms. The van der Waals surface area contributed by atoms with Gasteiger partial charge in [0, 0.05) is 0 Å². The van der Waals surface area contributed by atoms with Crippen LogP contribution < -0.4 is 5.32 Å². The Bertz CT molecular complexity index is 224. The Balaban J connectivity index is 2.10. The summed E-state index contributed by atoms with van der Waals surface area (Å²) in [6, 6.07) is 0. The van der Waals surface area contributed by atoms with Crippen LogP contribution in [0.25, 0.3) is 0 Å². The number of rotatable bonds is 4. The van der Waals surface area contributed by atoms with Crippen molar-refractivity contribution in [2.75, 3.05) is 0 Å². The molecule has 0 atom stereocenters. The molecule has 2 rings (SSSR count). The van der Waals surface area contributed by atoms with Crippen LogP contribution in [0.5, 0.6) is 0 Å². The van der Waals surface area contributed by atoms with Crippen molar-refractivity contribution in [2.45, 2.75) is 62.4 Å². The number of aldehydes is 2. The molecule has 2 saturated carbocycles. The average molecular weight is 209 g/mol. The molecule has 2 aliphatic carbocycles. The van der Waals surface area contributed by atoms with E-state index in [4.69, 9.17) is 0 Å². The molecular weight excluding hydrogens is 190 g/mol. The molecule has 15 heavy (non-hydrogen) atoms. The van der Waals surface area contributed by atoms with Gasteiger partial charge in [-0.2, -0.15) is 0 Å². The van der Waals surface area contributed by atoms with Gasteiger partial charge in [-0.15, -0.1) is 0 Å². The van der Waals surface area contributed by atoms with E-state index in [0.717, 1.165) is 63.9 Å². The second-order valence-corrected chi connectivity index (χ2v) is 5.09. The summed E-state index contributed by atoms with van der Waals surface area (Å²) >= 11 is 0. The lowest BCUT2D eigenvalue weighted by Gasteiger charge is -2.34. The van der Waals surface area contributed by atoms with Crippen molar-refractivity contribution < 1.29 is 9.59 Å². The Morgan fingerprint density at radius 2 is 1.07 bits per heavy atom. The molecule has 2 fully saturated rings. The molecule has 0 unspecified atom stereocenters. The molecule has 1 N–H and O–H groups in total. The monoisotopic (exact) mass is 209 g/mol. The fourth-order valence-corrected chi connectivity index (χ4v) is 3.05. The fourth-order valence-electron chi connectivity index (χ4n) is 3.05. The number of hydrogen-bond acceptors (Lipinski definition) is 3. The minimum Gasteiger partial charge on any atom is -0.301 e. The molecule has 0 aliphatic heterocycles. The summed E-state index contributed by atoms with van der Waals surface area (Å²) in [5, 5.41) is 3.37. The van der Waals surface area contributed by atoms with Crippen molar-refractivity contribution >= 4 is 12.6 Å². The van der Waals surface area contributed by atoms with Gasteiger partial charge in [0.15, 0.2) is 0 Å². The average Bonchev–Trinajstić information content (AvgIpc) is 2.89. The van der Waals surface area contributed by atoms with Gasteiger partial charge in [0.05, 0.1) is 11.1 Å². The Labute approximate surface area is 90.6 Å². The highest BCUT2D eigenvalue weighted by Gasteiger charge is 2.43. The van der Waals surface area contributed by atoms with Crippen LogP contribution in [0.2, 0.25) is 0 Å². The summed E-state index contributed by atoms with van der Waals surface area (Å²) in [5.41, 5.74) is -0.795. The van der Waals surface area contributed by atoms with Crippen molar-refractivity contribution in [1.82, 2.24) is 5.32 Å². The molecule has 0 amide bonds. The summed E-state index contributed by atoms with van der Waals surface area (Å²) in [4.78, 5) is 22.4. The smallest absolute Gasteiger partial charge is 0.140 e. The Morgan fingerprint density at radius 3 is 1.33 bits per heavy atom. The number of hydrogen-bond donors (Lipinski definition) is 1. The maximum Gasteiger partial charge on any atom is 0.140 e. The predicted molar refractivity (Wildman–Crippen MR) is 57.7 cm³/mol. The third kappa shape index (κ3) is 1.98. The summed E-state index contributed by atoms with van der Waals surface area (Å²) in [6.07, 6.45) is 10.0. The van der Waals surface area contributed by atoms with Gasteiger partial charge in [-0.05, 0) is 25.7 Å². The van der Waals surface area contributed by atoms with Crippen LogP contribution >= 0.6 is 0 Å². The lowest BCUT2D eigenvalue weighted by atomic mass is 9.91. The number of carbonyl (C=O) groups is 2. The first-order chi connectivity index (χ1) is 7.24. The van der Waals surface area contributed by atoms with Gasteiger partial charge in [-0.3, -0.25) is 5.32 Å². The highest BCUT2D eigenvalue weighted by molar-refractivity contribution is 5.70. The normalized spacial score (nSPS) is 27.7. The van der Waals surface area contributed by atoms with E-state index in [9.17, 15) is 9.59 Å². The van der Waals surface area contributed by atoms with E-state index in [0.29, 0.717) is 0 Å². The van der Waals surface area contributed by atoms with Crippen LogP contribution in [0.3, 0.4) is 0 Å². The zero-order valence-electron chi connectivity index (χ0n) is 9.13. The highest BCUT2D eigenvalue weighted by atomic mass is 16.1. The Morgan fingerprint density at radius 1 is 0.733 bits per heavy atom. The van der Waals surface area contributed by atoms with Crippen LogP contribution in [0.15, 0.2) is 0 Å². The van der Waals surface area contributed by atoms with Crippen molar-refractivity contribution in [2.24, 2.45) is 0 Å². The van der Waals surface area contributed by atoms with E-state index in [1.807, 2.05) is 0 Å². The van der Waals surface area contributed by atoms with Gasteiger partial charge >= 0.3 is 0 Å². The summed E-state index contributed by atoms with van der Waals surface area (Å²) in [6.45, 7) is 0. The molecule has 3 heteroatoms. The summed E-state index contributed by atoms with van der Waals surface area (Å²) < 4.78 is 0. The van der Waals surface area contributed by atoms with Gasteiger partial charge < -0.3 is 9.59 Å². The number of nitrogens with one attached hydrogen (secondary N) is 1. The Hall–Kier alpha value is -0.700. The van der Waals surface area contributed by atoms with Gasteiger partial charge in [0.2, 0.25) is 0 Å². The molecule has 0 spiro atoms. The largest absolute Gasteiger partial charge is 0.301 e. The SMILES string of the molecule is O=CC1(NC2(C=O)CCCC2)CCCC1. The van der Waals surface area contributed by atoms with Gasteiger partial charge in [0.1, 0.15) is 12.6 Å². The first-order valence-corrected chi connectivity index (χ1v) is 5.96. The number of carbonyl (C=O) groups excluding carboxylic acids is 2. The van der Waals surface area contributed by atoms with Crippen molar-refractivity contribution in [3.05, 3.63) is 0 Å². The van der Waals surface area contributed by atoms with E-state index in [-0.39, 0.29) is 0 Å². The van der Waals surface area contributed by atoms with Crippen LogP contribution in [0.4, 0.5) is 0 Å².